The van der Waals surface area contributed by atoms with E-state index < -0.39 is 68.7 Å². The Labute approximate surface area is 264 Å². The van der Waals surface area contributed by atoms with Gasteiger partial charge in [0.25, 0.3) is 10.0 Å². The number of carboxylic acid groups (broad SMARTS) is 1. The molecule has 0 saturated heterocycles. The van der Waals surface area contributed by atoms with Gasteiger partial charge in [-0.15, -0.1) is 0 Å². The van der Waals surface area contributed by atoms with Crippen molar-refractivity contribution >= 4 is 27.9 Å². The van der Waals surface area contributed by atoms with E-state index in [1.54, 1.807) is 36.4 Å². The molecule has 242 valence electrons. The van der Waals surface area contributed by atoms with Crippen LogP contribution in [0.25, 0.3) is 11.1 Å². The van der Waals surface area contributed by atoms with Crippen molar-refractivity contribution in [3.8, 4) is 11.1 Å². The number of halogens is 2. The van der Waals surface area contributed by atoms with Gasteiger partial charge in [-0.1, -0.05) is 61.9 Å². The second-order valence-corrected chi connectivity index (χ2v) is 12.2. The van der Waals surface area contributed by atoms with E-state index in [1.807, 2.05) is 11.6 Å². The van der Waals surface area contributed by atoms with Gasteiger partial charge in [0.05, 0.1) is 17.5 Å². The Bertz CT molecular complexity index is 1820. The van der Waals surface area contributed by atoms with Crippen molar-refractivity contribution in [3.05, 3.63) is 107 Å². The molecule has 2 atom stereocenters. The van der Waals surface area contributed by atoms with E-state index in [-0.39, 0.29) is 17.5 Å². The number of carboxylic acids is 1. The molecule has 4 rings (SSSR count). The molecule has 11 nitrogen and oxygen atoms in total. The van der Waals surface area contributed by atoms with Gasteiger partial charge in [-0.2, -0.15) is 9.78 Å². The first-order valence-electron chi connectivity index (χ1n) is 14.2. The third-order valence-electron chi connectivity index (χ3n) is 7.19. The van der Waals surface area contributed by atoms with Gasteiger partial charge in [0.1, 0.15) is 11.6 Å². The molecule has 0 saturated carbocycles. The lowest BCUT2D eigenvalue weighted by atomic mass is 9.98. The van der Waals surface area contributed by atoms with Crippen LogP contribution in [0.15, 0.2) is 83.9 Å². The van der Waals surface area contributed by atoms with E-state index in [0.717, 1.165) is 28.6 Å². The zero-order valence-electron chi connectivity index (χ0n) is 24.9. The zero-order chi connectivity index (χ0) is 33.6. The lowest BCUT2D eigenvalue weighted by Crippen LogP contribution is -2.52. The van der Waals surface area contributed by atoms with Crippen molar-refractivity contribution in [1.29, 1.82) is 0 Å². The number of aryl methyl sites for hydroxylation is 1. The number of aliphatic hydroxyl groups is 1. The normalized spacial score (nSPS) is 12.7. The Morgan fingerprint density at radius 1 is 1.00 bits per heavy atom. The maximum atomic E-state index is 15.9. The number of benzene rings is 3. The third kappa shape index (κ3) is 7.64. The second-order valence-electron chi connectivity index (χ2n) is 10.5. The van der Waals surface area contributed by atoms with Gasteiger partial charge in [-0.25, -0.2) is 31.5 Å². The van der Waals surface area contributed by atoms with E-state index >= 15 is 8.78 Å². The summed E-state index contributed by atoms with van der Waals surface area (Å²) in [6.07, 6.45) is 0.0886. The predicted octanol–water partition coefficient (Wildman–Crippen LogP) is 4.13. The molecule has 0 spiro atoms. The number of aliphatic hydroxyl groups excluding tert-OH is 1. The lowest BCUT2D eigenvalue weighted by Gasteiger charge is -2.34. The number of hydrogen-bond donors (Lipinski definition) is 3. The Morgan fingerprint density at radius 3 is 2.24 bits per heavy atom. The molecule has 1 heterocycles. The summed E-state index contributed by atoms with van der Waals surface area (Å²) >= 11 is 0. The fourth-order valence-electron chi connectivity index (χ4n) is 5.07. The number of nitrogens with zero attached hydrogens (tertiary/aromatic N) is 3. The Balaban J connectivity index is 1.83. The first-order chi connectivity index (χ1) is 21.8. The van der Waals surface area contributed by atoms with Crippen LogP contribution < -0.4 is 4.72 Å². The van der Waals surface area contributed by atoms with Crippen molar-refractivity contribution in [2.24, 2.45) is 0 Å². The molecule has 46 heavy (non-hydrogen) atoms. The molecule has 0 aliphatic rings. The molecule has 0 aliphatic heterocycles. The highest BCUT2D eigenvalue weighted by Crippen LogP contribution is 2.31. The maximum Gasteiger partial charge on any atom is 0.345 e. The number of amides is 2. The quantitative estimate of drug-likeness (QED) is 0.206. The fraction of sp³-hybridized carbons (Fsp3) is 0.250. The van der Waals surface area contributed by atoms with E-state index in [0.29, 0.717) is 24.1 Å². The van der Waals surface area contributed by atoms with Crippen molar-refractivity contribution in [1.82, 2.24) is 19.4 Å². The lowest BCUT2D eigenvalue weighted by molar-refractivity contribution is -0.150. The second kappa shape index (κ2) is 14.4. The summed E-state index contributed by atoms with van der Waals surface area (Å²) in [5.74, 6) is -4.85. The maximum absolute atomic E-state index is 15.9. The SMILES string of the molecule is CCCc1ccnn1C(=O)N(Cc1c(F)cc(-c2ccccc2S(=O)(=O)NC(C)=O)cc1F)[C@H](Cc1ccccc1)[C@@H](O)C(=O)O. The van der Waals surface area contributed by atoms with Crippen LogP contribution >= 0.6 is 0 Å². The summed E-state index contributed by atoms with van der Waals surface area (Å²) in [4.78, 5) is 38.0. The van der Waals surface area contributed by atoms with Crippen LogP contribution in [0.3, 0.4) is 0 Å². The molecule has 0 fully saturated rings. The Hall–Kier alpha value is -4.95. The summed E-state index contributed by atoms with van der Waals surface area (Å²) in [5, 5.41) is 24.7. The standard InChI is InChI=1S/C32H32F2N4O7S/c1-3-9-23-14-15-35-38(23)32(43)37(28(30(40)31(41)42)16-21-10-5-4-6-11-21)19-25-26(33)17-22(18-27(25)34)24-12-7-8-13-29(24)46(44,45)36-20(2)39/h4-8,10-15,17-18,28,30,40H,3,9,16,19H2,1-2H3,(H,36,39)(H,41,42)/t28-,30-/m1/s1. The van der Waals surface area contributed by atoms with Crippen LogP contribution in [0, 0.1) is 11.6 Å². The van der Waals surface area contributed by atoms with Crippen molar-refractivity contribution in [2.45, 2.75) is 56.7 Å². The average molecular weight is 655 g/mol. The summed E-state index contributed by atoms with van der Waals surface area (Å²) in [6, 6.07) is 14.6. The van der Waals surface area contributed by atoms with E-state index in [4.69, 9.17) is 0 Å². The summed E-state index contributed by atoms with van der Waals surface area (Å²) in [6.45, 7) is 2.07. The van der Waals surface area contributed by atoms with Crippen molar-refractivity contribution in [2.75, 3.05) is 0 Å². The number of sulfonamides is 1. The number of hydrogen-bond acceptors (Lipinski definition) is 7. The highest BCUT2D eigenvalue weighted by molar-refractivity contribution is 7.90. The highest BCUT2D eigenvalue weighted by Gasteiger charge is 2.37. The number of carbonyl (C=O) groups is 3. The smallest absolute Gasteiger partial charge is 0.345 e. The first-order valence-corrected chi connectivity index (χ1v) is 15.7. The number of aliphatic carboxylic acids is 1. The summed E-state index contributed by atoms with van der Waals surface area (Å²) in [5.41, 5.74) is 0.101. The van der Waals surface area contributed by atoms with E-state index in [2.05, 4.69) is 5.10 Å². The minimum absolute atomic E-state index is 0.0995. The summed E-state index contributed by atoms with van der Waals surface area (Å²) in [7, 11) is -4.39. The highest BCUT2D eigenvalue weighted by atomic mass is 32.2. The van der Waals surface area contributed by atoms with Crippen LogP contribution in [0.1, 0.15) is 37.1 Å². The van der Waals surface area contributed by atoms with E-state index in [1.165, 1.54) is 30.5 Å². The fourth-order valence-corrected chi connectivity index (χ4v) is 6.29. The molecule has 0 unspecified atom stereocenters. The van der Waals surface area contributed by atoms with Gasteiger partial charge in [-0.3, -0.25) is 4.79 Å². The van der Waals surface area contributed by atoms with Gasteiger partial charge < -0.3 is 15.1 Å². The minimum Gasteiger partial charge on any atom is -0.479 e. The first kappa shape index (κ1) is 33.9. The number of carbonyl (C=O) groups excluding carboxylic acids is 2. The van der Waals surface area contributed by atoms with Crippen LogP contribution in [0.5, 0.6) is 0 Å². The van der Waals surface area contributed by atoms with Crippen LogP contribution in [-0.2, 0) is 39.0 Å². The van der Waals surface area contributed by atoms with Crippen LogP contribution in [0.4, 0.5) is 13.6 Å². The molecule has 14 heteroatoms. The zero-order valence-corrected chi connectivity index (χ0v) is 25.7. The largest absolute Gasteiger partial charge is 0.479 e. The van der Waals surface area contributed by atoms with Crippen molar-refractivity contribution in [3.63, 3.8) is 0 Å². The molecule has 3 aromatic carbocycles. The molecule has 4 aromatic rings. The number of rotatable bonds is 12. The molecule has 0 aliphatic carbocycles. The molecular weight excluding hydrogens is 622 g/mol. The molecule has 0 bridgehead atoms. The van der Waals surface area contributed by atoms with Gasteiger partial charge in [-0.05, 0) is 48.2 Å². The molecule has 2 amide bonds. The Kier molecular flexibility index (Phi) is 10.6. The summed E-state index contributed by atoms with van der Waals surface area (Å²) < 4.78 is 60.1. The van der Waals surface area contributed by atoms with Crippen LogP contribution in [-0.4, -0.2) is 63.4 Å². The van der Waals surface area contributed by atoms with Gasteiger partial charge in [0, 0.05) is 29.9 Å². The predicted molar refractivity (Wildman–Crippen MR) is 163 cm³/mol. The Morgan fingerprint density at radius 2 is 1.63 bits per heavy atom. The number of nitrogens with one attached hydrogen (secondary N) is 1. The van der Waals surface area contributed by atoms with Gasteiger partial charge in [0.15, 0.2) is 6.10 Å². The van der Waals surface area contributed by atoms with Crippen LogP contribution in [0.2, 0.25) is 0 Å². The van der Waals surface area contributed by atoms with Gasteiger partial charge in [0.2, 0.25) is 5.91 Å². The van der Waals surface area contributed by atoms with E-state index in [9.17, 15) is 33.0 Å². The minimum atomic E-state index is -4.39. The third-order valence-corrected chi connectivity index (χ3v) is 8.69. The topological polar surface area (TPSA) is 159 Å². The van der Waals surface area contributed by atoms with Gasteiger partial charge >= 0.3 is 12.0 Å². The number of aromatic nitrogens is 2. The molecule has 1 aromatic heterocycles. The molecule has 3 N–H and O–H groups in total. The molecular formula is C32H32F2N4O7S. The molecule has 0 radical (unpaired) electrons. The monoisotopic (exact) mass is 654 g/mol. The average Bonchev–Trinajstić information content (AvgIpc) is 3.47. The van der Waals surface area contributed by atoms with Crippen molar-refractivity contribution < 1.29 is 41.8 Å².